The molecule has 1 fully saturated rings. The Morgan fingerprint density at radius 2 is 1.81 bits per heavy atom. The second-order valence-corrected chi connectivity index (χ2v) is 9.83. The molecule has 1 amide bonds. The van der Waals surface area contributed by atoms with E-state index in [0.717, 1.165) is 27.9 Å². The minimum absolute atomic E-state index is 0.109. The Labute approximate surface area is 166 Å². The van der Waals surface area contributed by atoms with Crippen molar-refractivity contribution in [3.05, 3.63) is 53.0 Å². The molecule has 0 spiro atoms. The Balaban J connectivity index is 1.56. The number of rotatable bonds is 6. The molecule has 0 aromatic heterocycles. The van der Waals surface area contributed by atoms with Gasteiger partial charge in [0.05, 0.1) is 10.6 Å². The van der Waals surface area contributed by atoms with Crippen LogP contribution in [0.4, 0.5) is 5.69 Å². The molecule has 0 unspecified atom stereocenters. The standard InChI is InChI=1S/C18H19BrN2O3S2/c19-14-4-3-5-15(12-14)20-18(22)13-25-16-6-8-17(9-7-16)26(23,24)21-10-1-2-11-21/h3-9,12H,1-2,10-11,13H2,(H,20,22). The van der Waals surface area contributed by atoms with Crippen molar-refractivity contribution in [3.8, 4) is 0 Å². The van der Waals surface area contributed by atoms with E-state index in [1.807, 2.05) is 24.3 Å². The number of nitrogens with zero attached hydrogens (tertiary/aromatic N) is 1. The highest BCUT2D eigenvalue weighted by Gasteiger charge is 2.26. The third kappa shape index (κ3) is 4.88. The Morgan fingerprint density at radius 1 is 1.12 bits per heavy atom. The molecule has 1 heterocycles. The zero-order valence-corrected chi connectivity index (χ0v) is 17.2. The fourth-order valence-corrected chi connectivity index (χ4v) is 5.31. The van der Waals surface area contributed by atoms with Gasteiger partial charge in [0, 0.05) is 28.1 Å². The van der Waals surface area contributed by atoms with E-state index < -0.39 is 10.0 Å². The number of carbonyl (C=O) groups excluding carboxylic acids is 1. The average Bonchev–Trinajstić information content (AvgIpc) is 3.16. The van der Waals surface area contributed by atoms with E-state index in [4.69, 9.17) is 0 Å². The molecule has 0 radical (unpaired) electrons. The average molecular weight is 455 g/mol. The van der Waals surface area contributed by atoms with Crippen LogP contribution in [0.1, 0.15) is 12.8 Å². The molecule has 8 heteroatoms. The van der Waals surface area contributed by atoms with Crippen molar-refractivity contribution in [3.63, 3.8) is 0 Å². The number of carbonyl (C=O) groups is 1. The maximum Gasteiger partial charge on any atom is 0.243 e. The van der Waals surface area contributed by atoms with Crippen LogP contribution in [0.15, 0.2) is 62.8 Å². The molecular formula is C18H19BrN2O3S2. The maximum absolute atomic E-state index is 12.5. The fourth-order valence-electron chi connectivity index (χ4n) is 2.70. The summed E-state index contributed by atoms with van der Waals surface area (Å²) in [5.41, 5.74) is 0.733. The van der Waals surface area contributed by atoms with Crippen molar-refractivity contribution < 1.29 is 13.2 Å². The largest absolute Gasteiger partial charge is 0.325 e. The van der Waals surface area contributed by atoms with Gasteiger partial charge in [0.1, 0.15) is 0 Å². The molecule has 0 saturated carbocycles. The number of hydrogen-bond acceptors (Lipinski definition) is 4. The second-order valence-electron chi connectivity index (χ2n) is 5.93. The number of thioether (sulfide) groups is 1. The molecule has 0 atom stereocenters. The highest BCUT2D eigenvalue weighted by Crippen LogP contribution is 2.24. The summed E-state index contributed by atoms with van der Waals surface area (Å²) in [5, 5.41) is 2.83. The van der Waals surface area contributed by atoms with Crippen LogP contribution in [0.2, 0.25) is 0 Å². The van der Waals surface area contributed by atoms with Crippen LogP contribution in [0.25, 0.3) is 0 Å². The minimum atomic E-state index is -3.39. The summed E-state index contributed by atoms with van der Waals surface area (Å²) >= 11 is 4.74. The molecule has 0 aliphatic carbocycles. The normalized spacial score (nSPS) is 15.1. The summed E-state index contributed by atoms with van der Waals surface area (Å²) < 4.78 is 27.4. The van der Waals surface area contributed by atoms with Gasteiger partial charge in [-0.15, -0.1) is 11.8 Å². The number of hydrogen-bond donors (Lipinski definition) is 1. The van der Waals surface area contributed by atoms with Gasteiger partial charge < -0.3 is 5.32 Å². The predicted molar refractivity (Wildman–Crippen MR) is 108 cm³/mol. The van der Waals surface area contributed by atoms with Crippen LogP contribution >= 0.6 is 27.7 Å². The summed E-state index contributed by atoms with van der Waals surface area (Å²) in [7, 11) is -3.39. The molecule has 1 saturated heterocycles. The number of benzene rings is 2. The summed E-state index contributed by atoms with van der Waals surface area (Å²) in [6.07, 6.45) is 1.83. The number of anilines is 1. The molecule has 1 aliphatic heterocycles. The first kappa shape index (κ1) is 19.4. The lowest BCUT2D eigenvalue weighted by molar-refractivity contribution is -0.113. The zero-order valence-electron chi connectivity index (χ0n) is 14.0. The molecule has 1 aliphatic rings. The van der Waals surface area contributed by atoms with Crippen LogP contribution in [-0.2, 0) is 14.8 Å². The molecule has 138 valence electrons. The van der Waals surface area contributed by atoms with Gasteiger partial charge in [-0.25, -0.2) is 8.42 Å². The SMILES string of the molecule is O=C(CSc1ccc(S(=O)(=O)N2CCCC2)cc1)Nc1cccc(Br)c1. The van der Waals surface area contributed by atoms with Gasteiger partial charge in [-0.3, -0.25) is 4.79 Å². The van der Waals surface area contributed by atoms with E-state index in [1.54, 1.807) is 24.3 Å². The molecule has 5 nitrogen and oxygen atoms in total. The van der Waals surface area contributed by atoms with Crippen molar-refractivity contribution >= 4 is 49.3 Å². The van der Waals surface area contributed by atoms with E-state index in [9.17, 15) is 13.2 Å². The fraction of sp³-hybridized carbons (Fsp3) is 0.278. The first-order valence-corrected chi connectivity index (χ1v) is 11.5. The molecule has 2 aromatic rings. The van der Waals surface area contributed by atoms with E-state index in [-0.39, 0.29) is 11.7 Å². The molecule has 3 rings (SSSR count). The lowest BCUT2D eigenvalue weighted by atomic mass is 10.3. The van der Waals surface area contributed by atoms with Crippen LogP contribution in [-0.4, -0.2) is 37.5 Å². The summed E-state index contributed by atoms with van der Waals surface area (Å²) in [6, 6.07) is 14.1. The van der Waals surface area contributed by atoms with Gasteiger partial charge in [0.25, 0.3) is 0 Å². The Kier molecular flexibility index (Phi) is 6.39. The molecular weight excluding hydrogens is 436 g/mol. The van der Waals surface area contributed by atoms with Gasteiger partial charge in [-0.2, -0.15) is 4.31 Å². The van der Waals surface area contributed by atoms with Gasteiger partial charge in [0.2, 0.25) is 15.9 Å². The number of halogens is 1. The van der Waals surface area contributed by atoms with Gasteiger partial charge in [-0.05, 0) is 55.3 Å². The molecule has 1 N–H and O–H groups in total. The van der Waals surface area contributed by atoms with Crippen LogP contribution < -0.4 is 5.32 Å². The number of sulfonamides is 1. The first-order valence-electron chi connectivity index (χ1n) is 8.23. The number of amides is 1. The highest BCUT2D eigenvalue weighted by molar-refractivity contribution is 9.10. The predicted octanol–water partition coefficient (Wildman–Crippen LogP) is 3.96. The van der Waals surface area contributed by atoms with Gasteiger partial charge in [0.15, 0.2) is 0 Å². The number of nitrogens with one attached hydrogen (secondary N) is 1. The Bertz CT molecular complexity index is 880. The van der Waals surface area contributed by atoms with E-state index in [2.05, 4.69) is 21.2 Å². The second kappa shape index (κ2) is 8.56. The van der Waals surface area contributed by atoms with Crippen LogP contribution in [0.5, 0.6) is 0 Å². The van der Waals surface area contributed by atoms with Crippen molar-refractivity contribution in [1.29, 1.82) is 0 Å². The van der Waals surface area contributed by atoms with Crippen molar-refractivity contribution in [1.82, 2.24) is 4.31 Å². The summed E-state index contributed by atoms with van der Waals surface area (Å²) in [5.74, 6) is 0.145. The van der Waals surface area contributed by atoms with E-state index >= 15 is 0 Å². The molecule has 2 aromatic carbocycles. The zero-order chi connectivity index (χ0) is 18.6. The minimum Gasteiger partial charge on any atom is -0.325 e. The maximum atomic E-state index is 12.5. The highest BCUT2D eigenvalue weighted by atomic mass is 79.9. The third-order valence-electron chi connectivity index (χ3n) is 4.00. The van der Waals surface area contributed by atoms with E-state index in [1.165, 1.54) is 16.1 Å². The smallest absolute Gasteiger partial charge is 0.243 e. The van der Waals surface area contributed by atoms with Crippen molar-refractivity contribution in [2.75, 3.05) is 24.2 Å². The lowest BCUT2D eigenvalue weighted by Crippen LogP contribution is -2.27. The molecule has 26 heavy (non-hydrogen) atoms. The molecule has 0 bridgehead atoms. The van der Waals surface area contributed by atoms with Crippen LogP contribution in [0.3, 0.4) is 0 Å². The third-order valence-corrected chi connectivity index (χ3v) is 7.42. The topological polar surface area (TPSA) is 66.5 Å². The lowest BCUT2D eigenvalue weighted by Gasteiger charge is -2.15. The summed E-state index contributed by atoms with van der Waals surface area (Å²) in [6.45, 7) is 1.18. The Morgan fingerprint density at radius 3 is 2.46 bits per heavy atom. The monoisotopic (exact) mass is 454 g/mol. The van der Waals surface area contributed by atoms with Crippen LogP contribution in [0, 0.1) is 0 Å². The van der Waals surface area contributed by atoms with Gasteiger partial charge >= 0.3 is 0 Å². The first-order chi connectivity index (χ1) is 12.4. The van der Waals surface area contributed by atoms with E-state index in [0.29, 0.717) is 18.0 Å². The van der Waals surface area contributed by atoms with Crippen molar-refractivity contribution in [2.24, 2.45) is 0 Å². The summed E-state index contributed by atoms with van der Waals surface area (Å²) in [4.78, 5) is 13.2. The quantitative estimate of drug-likeness (QED) is 0.670. The van der Waals surface area contributed by atoms with Crippen molar-refractivity contribution in [2.45, 2.75) is 22.6 Å². The Hall–Kier alpha value is -1.35. The van der Waals surface area contributed by atoms with Gasteiger partial charge in [-0.1, -0.05) is 22.0 Å².